The van der Waals surface area contributed by atoms with E-state index >= 15 is 0 Å². The van der Waals surface area contributed by atoms with Gasteiger partial charge >= 0.3 is 0 Å². The number of carbonyl (C=O) groups is 1. The number of nitrogens with zero attached hydrogens (tertiary/aromatic N) is 3. The Bertz CT molecular complexity index is 1010. The zero-order chi connectivity index (χ0) is 16.5. The van der Waals surface area contributed by atoms with Crippen LogP contribution in [0.15, 0.2) is 61.3 Å². The molecule has 0 atom stereocenters. The van der Waals surface area contributed by atoms with Gasteiger partial charge in [0.1, 0.15) is 18.0 Å². The van der Waals surface area contributed by atoms with Gasteiger partial charge in [-0.25, -0.2) is 14.4 Å². The Morgan fingerprint density at radius 3 is 2.88 bits per heavy atom. The highest BCUT2D eigenvalue weighted by Gasteiger charge is 2.13. The first-order chi connectivity index (χ1) is 11.7. The minimum absolute atomic E-state index is 0.284. The predicted octanol–water partition coefficient (Wildman–Crippen LogP) is 3.87. The van der Waals surface area contributed by atoms with Crippen LogP contribution in [0.25, 0.3) is 15.9 Å². The number of benzene rings is 1. The fraction of sp³-hybridized carbons (Fsp3) is 0. The number of rotatable bonds is 3. The molecule has 4 rings (SSSR count). The molecule has 24 heavy (non-hydrogen) atoms. The summed E-state index contributed by atoms with van der Waals surface area (Å²) in [6.07, 6.45) is 6.66. The molecule has 0 saturated heterocycles. The monoisotopic (exact) mass is 338 g/mol. The third kappa shape index (κ3) is 2.65. The first kappa shape index (κ1) is 14.5. The van der Waals surface area contributed by atoms with E-state index in [0.29, 0.717) is 21.8 Å². The molecule has 0 radical (unpaired) electrons. The second-order valence-electron chi connectivity index (χ2n) is 5.09. The van der Waals surface area contributed by atoms with Crippen LogP contribution in [-0.2, 0) is 0 Å². The maximum absolute atomic E-state index is 13.7. The smallest absolute Gasteiger partial charge is 0.265 e. The van der Waals surface area contributed by atoms with Gasteiger partial charge in [-0.2, -0.15) is 0 Å². The van der Waals surface area contributed by atoms with Crippen molar-refractivity contribution < 1.29 is 9.18 Å². The van der Waals surface area contributed by atoms with E-state index in [4.69, 9.17) is 0 Å². The third-order valence-corrected chi connectivity index (χ3v) is 4.61. The summed E-state index contributed by atoms with van der Waals surface area (Å²) in [7, 11) is 0. The first-order valence-corrected chi connectivity index (χ1v) is 7.96. The number of aromatic nitrogens is 3. The average molecular weight is 338 g/mol. The Hall–Kier alpha value is -3.06. The van der Waals surface area contributed by atoms with Gasteiger partial charge < -0.3 is 5.32 Å². The maximum atomic E-state index is 13.7. The standard InChI is InChI=1S/C17H11FN4OS/c18-13-2-1-3-14-12(13)8-15(24-14)17(23)21-11-4-5-16(20-9-11)22-7-6-19-10-22/h1-10H,(H,21,23). The number of thiophene rings is 1. The first-order valence-electron chi connectivity index (χ1n) is 7.14. The van der Waals surface area contributed by atoms with E-state index in [0.717, 1.165) is 4.70 Å². The summed E-state index contributed by atoms with van der Waals surface area (Å²) < 4.78 is 16.2. The van der Waals surface area contributed by atoms with E-state index < -0.39 is 0 Å². The number of pyridine rings is 1. The molecule has 118 valence electrons. The topological polar surface area (TPSA) is 59.8 Å². The zero-order valence-corrected chi connectivity index (χ0v) is 13.1. The fourth-order valence-corrected chi connectivity index (χ4v) is 3.31. The van der Waals surface area contributed by atoms with E-state index in [2.05, 4.69) is 15.3 Å². The molecule has 5 nitrogen and oxygen atoms in total. The molecule has 0 aliphatic rings. The lowest BCUT2D eigenvalue weighted by molar-refractivity contribution is 0.103. The largest absolute Gasteiger partial charge is 0.320 e. The van der Waals surface area contributed by atoms with Crippen LogP contribution in [0.2, 0.25) is 0 Å². The lowest BCUT2D eigenvalue weighted by atomic mass is 10.2. The van der Waals surface area contributed by atoms with Gasteiger partial charge in [0.15, 0.2) is 0 Å². The number of carbonyl (C=O) groups excluding carboxylic acids is 1. The van der Waals surface area contributed by atoms with Gasteiger partial charge in [0.2, 0.25) is 0 Å². The molecule has 0 fully saturated rings. The van der Waals surface area contributed by atoms with E-state index in [1.807, 2.05) is 0 Å². The molecular weight excluding hydrogens is 327 g/mol. The van der Waals surface area contributed by atoms with Crippen LogP contribution in [0.4, 0.5) is 10.1 Å². The summed E-state index contributed by atoms with van der Waals surface area (Å²) >= 11 is 1.26. The normalized spacial score (nSPS) is 10.9. The maximum Gasteiger partial charge on any atom is 0.265 e. The molecule has 0 bridgehead atoms. The van der Waals surface area contributed by atoms with E-state index in [-0.39, 0.29) is 11.7 Å². The lowest BCUT2D eigenvalue weighted by Gasteiger charge is -2.05. The van der Waals surface area contributed by atoms with Crippen LogP contribution in [0, 0.1) is 5.82 Å². The van der Waals surface area contributed by atoms with Crippen LogP contribution >= 0.6 is 11.3 Å². The van der Waals surface area contributed by atoms with Crippen molar-refractivity contribution in [2.75, 3.05) is 5.32 Å². The predicted molar refractivity (Wildman–Crippen MR) is 91.1 cm³/mol. The minimum atomic E-state index is -0.325. The molecule has 3 aromatic heterocycles. The summed E-state index contributed by atoms with van der Waals surface area (Å²) in [6.45, 7) is 0. The molecule has 0 spiro atoms. The highest BCUT2D eigenvalue weighted by Crippen LogP contribution is 2.28. The molecule has 1 aromatic carbocycles. The van der Waals surface area contributed by atoms with Crippen molar-refractivity contribution in [1.29, 1.82) is 0 Å². The SMILES string of the molecule is O=C(Nc1ccc(-n2ccnc2)nc1)c1cc2c(F)cccc2s1. The van der Waals surface area contributed by atoms with Gasteiger partial charge in [0.05, 0.1) is 16.8 Å². The molecule has 0 aliphatic carbocycles. The molecule has 3 heterocycles. The van der Waals surface area contributed by atoms with Gasteiger partial charge in [-0.1, -0.05) is 6.07 Å². The average Bonchev–Trinajstić information content (AvgIpc) is 3.26. The van der Waals surface area contributed by atoms with Crippen LogP contribution in [0.5, 0.6) is 0 Å². The fourth-order valence-electron chi connectivity index (χ4n) is 2.34. The molecule has 0 saturated carbocycles. The van der Waals surface area contributed by atoms with E-state index in [1.165, 1.54) is 17.4 Å². The minimum Gasteiger partial charge on any atom is -0.320 e. The van der Waals surface area contributed by atoms with E-state index in [1.54, 1.807) is 59.8 Å². The van der Waals surface area contributed by atoms with Crippen molar-refractivity contribution in [3.63, 3.8) is 0 Å². The van der Waals surface area contributed by atoms with Gasteiger partial charge in [-0.3, -0.25) is 9.36 Å². The molecule has 0 aliphatic heterocycles. The third-order valence-electron chi connectivity index (χ3n) is 3.51. The molecular formula is C17H11FN4OS. The Kier molecular flexibility index (Phi) is 3.55. The number of fused-ring (bicyclic) bond motifs is 1. The number of halogens is 1. The quantitative estimate of drug-likeness (QED) is 0.617. The Morgan fingerprint density at radius 2 is 2.17 bits per heavy atom. The van der Waals surface area contributed by atoms with E-state index in [9.17, 15) is 9.18 Å². The van der Waals surface area contributed by atoms with Crippen LogP contribution in [0.3, 0.4) is 0 Å². The summed E-state index contributed by atoms with van der Waals surface area (Å²) in [6, 6.07) is 9.92. The van der Waals surface area contributed by atoms with Crippen molar-refractivity contribution in [3.05, 3.63) is 72.0 Å². The summed E-state index contributed by atoms with van der Waals surface area (Å²) in [5.74, 6) is 0.0939. The molecule has 7 heteroatoms. The zero-order valence-electron chi connectivity index (χ0n) is 12.3. The van der Waals surface area contributed by atoms with Crippen molar-refractivity contribution in [2.45, 2.75) is 0 Å². The number of anilines is 1. The highest BCUT2D eigenvalue weighted by molar-refractivity contribution is 7.20. The molecule has 0 unspecified atom stereocenters. The van der Waals surface area contributed by atoms with Gasteiger partial charge in [0, 0.05) is 22.5 Å². The van der Waals surface area contributed by atoms with Crippen molar-refractivity contribution in [1.82, 2.24) is 14.5 Å². The van der Waals surface area contributed by atoms with Crippen LogP contribution < -0.4 is 5.32 Å². The van der Waals surface area contributed by atoms with Crippen molar-refractivity contribution >= 4 is 33.0 Å². The van der Waals surface area contributed by atoms with Gasteiger partial charge in [-0.15, -0.1) is 11.3 Å². The van der Waals surface area contributed by atoms with Crippen molar-refractivity contribution in [2.24, 2.45) is 0 Å². The summed E-state index contributed by atoms with van der Waals surface area (Å²) in [4.78, 5) is 21.0. The Balaban J connectivity index is 1.55. The summed E-state index contributed by atoms with van der Waals surface area (Å²) in [5, 5.41) is 3.23. The van der Waals surface area contributed by atoms with Gasteiger partial charge in [0.25, 0.3) is 5.91 Å². The summed E-state index contributed by atoms with van der Waals surface area (Å²) in [5.41, 5.74) is 0.571. The number of amides is 1. The van der Waals surface area contributed by atoms with Crippen LogP contribution in [-0.4, -0.2) is 20.4 Å². The van der Waals surface area contributed by atoms with Gasteiger partial charge in [-0.05, 0) is 30.3 Å². The molecule has 4 aromatic rings. The number of hydrogen-bond donors (Lipinski definition) is 1. The molecule has 1 N–H and O–H groups in total. The highest BCUT2D eigenvalue weighted by atomic mass is 32.1. The lowest BCUT2D eigenvalue weighted by Crippen LogP contribution is -2.10. The Labute approximate surface area is 140 Å². The van der Waals surface area contributed by atoms with Crippen molar-refractivity contribution in [3.8, 4) is 5.82 Å². The second kappa shape index (κ2) is 5.86. The molecule has 1 amide bonds. The number of imidazole rings is 1. The number of nitrogens with one attached hydrogen (secondary N) is 1. The number of hydrogen-bond acceptors (Lipinski definition) is 4. The van der Waals surface area contributed by atoms with Crippen LogP contribution in [0.1, 0.15) is 9.67 Å². The Morgan fingerprint density at radius 1 is 1.25 bits per heavy atom. The second-order valence-corrected chi connectivity index (χ2v) is 6.18.